The molecule has 0 radical (unpaired) electrons. The lowest BCUT2D eigenvalue weighted by molar-refractivity contribution is 0.0909. The second-order valence-corrected chi connectivity index (χ2v) is 4.63. The number of pyridine rings is 1. The van der Waals surface area contributed by atoms with E-state index in [9.17, 15) is 4.79 Å². The highest BCUT2D eigenvalue weighted by atomic mass is 16.2. The van der Waals surface area contributed by atoms with E-state index in [1.54, 1.807) is 17.0 Å². The lowest BCUT2D eigenvalue weighted by Gasteiger charge is -2.05. The highest BCUT2D eigenvalue weighted by molar-refractivity contribution is 5.83. The van der Waals surface area contributed by atoms with Crippen LogP contribution in [-0.2, 0) is 12.8 Å². The molecule has 4 nitrogen and oxygen atoms in total. The molecule has 1 aromatic carbocycles. The molecule has 0 N–H and O–H groups in total. The Morgan fingerprint density at radius 1 is 1.20 bits per heavy atom. The molecule has 3 aromatic rings. The van der Waals surface area contributed by atoms with Crippen molar-refractivity contribution < 1.29 is 4.79 Å². The summed E-state index contributed by atoms with van der Waals surface area (Å²) in [5.74, 6) is 0.790. The van der Waals surface area contributed by atoms with E-state index < -0.39 is 0 Å². The van der Waals surface area contributed by atoms with Crippen LogP contribution in [-0.4, -0.2) is 20.4 Å². The van der Waals surface area contributed by atoms with Crippen LogP contribution in [0.15, 0.2) is 48.8 Å². The number of para-hydroxylation sites is 1. The maximum atomic E-state index is 12.3. The smallest absolute Gasteiger partial charge is 0.238 e. The number of aromatic nitrogens is 3. The maximum absolute atomic E-state index is 12.3. The molecule has 0 unspecified atom stereocenters. The minimum absolute atomic E-state index is 0.00197. The Bertz CT molecular complexity index is 761. The quantitative estimate of drug-likeness (QED) is 0.731. The van der Waals surface area contributed by atoms with Crippen LogP contribution < -0.4 is 0 Å². The number of imidazole rings is 1. The highest BCUT2D eigenvalue weighted by Gasteiger charge is 2.11. The number of benzene rings is 1. The van der Waals surface area contributed by atoms with E-state index in [0.717, 1.165) is 28.8 Å². The van der Waals surface area contributed by atoms with Gasteiger partial charge < -0.3 is 0 Å². The van der Waals surface area contributed by atoms with Gasteiger partial charge in [0.2, 0.25) is 5.91 Å². The van der Waals surface area contributed by atoms with Crippen LogP contribution in [0.5, 0.6) is 0 Å². The lowest BCUT2D eigenvalue weighted by atomic mass is 10.2. The summed E-state index contributed by atoms with van der Waals surface area (Å²) < 4.78 is 1.61. The summed E-state index contributed by atoms with van der Waals surface area (Å²) in [5, 5.41) is 1.08. The molecule has 0 aliphatic carbocycles. The fourth-order valence-corrected chi connectivity index (χ4v) is 2.27. The van der Waals surface area contributed by atoms with Crippen LogP contribution in [0.3, 0.4) is 0 Å². The van der Waals surface area contributed by atoms with Gasteiger partial charge in [-0.2, -0.15) is 0 Å². The largest absolute Gasteiger partial charge is 0.274 e. The topological polar surface area (TPSA) is 47.8 Å². The van der Waals surface area contributed by atoms with E-state index in [0.29, 0.717) is 0 Å². The monoisotopic (exact) mass is 265 g/mol. The molecular formula is C16H15N3O. The van der Waals surface area contributed by atoms with Gasteiger partial charge in [-0.15, -0.1) is 0 Å². The summed E-state index contributed by atoms with van der Waals surface area (Å²) in [6, 6.07) is 11.8. The van der Waals surface area contributed by atoms with Gasteiger partial charge in [0.25, 0.3) is 0 Å². The molecule has 0 aliphatic heterocycles. The second kappa shape index (κ2) is 5.25. The average molecular weight is 265 g/mol. The first kappa shape index (κ1) is 12.5. The molecule has 0 atom stereocenters. The zero-order valence-electron chi connectivity index (χ0n) is 11.3. The van der Waals surface area contributed by atoms with Gasteiger partial charge in [0.15, 0.2) is 0 Å². The van der Waals surface area contributed by atoms with E-state index in [-0.39, 0.29) is 12.3 Å². The van der Waals surface area contributed by atoms with Gasteiger partial charge in [0.1, 0.15) is 5.82 Å². The van der Waals surface area contributed by atoms with Crippen LogP contribution in [0, 0.1) is 0 Å². The van der Waals surface area contributed by atoms with Crippen LogP contribution in [0.2, 0.25) is 0 Å². The summed E-state index contributed by atoms with van der Waals surface area (Å²) in [7, 11) is 0. The minimum atomic E-state index is 0.00197. The van der Waals surface area contributed by atoms with Crippen molar-refractivity contribution >= 4 is 16.8 Å². The van der Waals surface area contributed by atoms with E-state index >= 15 is 0 Å². The second-order valence-electron chi connectivity index (χ2n) is 4.63. The zero-order chi connectivity index (χ0) is 13.9. The normalized spacial score (nSPS) is 10.8. The summed E-state index contributed by atoms with van der Waals surface area (Å²) in [6.07, 6.45) is 4.39. The van der Waals surface area contributed by atoms with Gasteiger partial charge >= 0.3 is 0 Å². The van der Waals surface area contributed by atoms with Gasteiger partial charge in [-0.05, 0) is 12.1 Å². The lowest BCUT2D eigenvalue weighted by Crippen LogP contribution is -2.16. The van der Waals surface area contributed by atoms with Crippen LogP contribution in [0.25, 0.3) is 10.9 Å². The highest BCUT2D eigenvalue weighted by Crippen LogP contribution is 2.12. The number of hydrogen-bond acceptors (Lipinski definition) is 3. The Morgan fingerprint density at radius 2 is 2.05 bits per heavy atom. The SMILES string of the molecule is CCc1nccn1C(=O)Cc1ccc2ccccc2n1. The molecule has 0 amide bonds. The van der Waals surface area contributed by atoms with Crippen molar-refractivity contribution in [3.8, 4) is 0 Å². The number of fused-ring (bicyclic) bond motifs is 1. The fourth-order valence-electron chi connectivity index (χ4n) is 2.27. The zero-order valence-corrected chi connectivity index (χ0v) is 11.3. The van der Waals surface area contributed by atoms with Crippen LogP contribution in [0.4, 0.5) is 0 Å². The Hall–Kier alpha value is -2.49. The Morgan fingerprint density at radius 3 is 2.90 bits per heavy atom. The Kier molecular flexibility index (Phi) is 3.29. The molecule has 3 rings (SSSR count). The van der Waals surface area contributed by atoms with Crippen molar-refractivity contribution in [2.75, 3.05) is 0 Å². The van der Waals surface area contributed by atoms with Crippen molar-refractivity contribution in [2.45, 2.75) is 19.8 Å². The summed E-state index contributed by atoms with van der Waals surface area (Å²) in [6.45, 7) is 1.99. The maximum Gasteiger partial charge on any atom is 0.238 e. The molecule has 100 valence electrons. The molecule has 20 heavy (non-hydrogen) atoms. The predicted molar refractivity (Wildman–Crippen MR) is 77.7 cm³/mol. The molecule has 0 saturated carbocycles. The molecule has 2 aromatic heterocycles. The number of aryl methyl sites for hydroxylation is 1. The van der Waals surface area contributed by atoms with Crippen LogP contribution >= 0.6 is 0 Å². The first-order chi connectivity index (χ1) is 9.78. The minimum Gasteiger partial charge on any atom is -0.274 e. The first-order valence-electron chi connectivity index (χ1n) is 6.68. The number of nitrogens with zero attached hydrogens (tertiary/aromatic N) is 3. The molecule has 0 fully saturated rings. The third-order valence-corrected chi connectivity index (χ3v) is 3.29. The van der Waals surface area contributed by atoms with Gasteiger partial charge in [0, 0.05) is 24.2 Å². The Labute approximate surface area is 117 Å². The molecule has 0 aliphatic rings. The standard InChI is InChI=1S/C16H15N3O/c1-2-15-17-9-10-19(15)16(20)11-13-8-7-12-5-3-4-6-14(12)18-13/h3-10H,2,11H2,1H3. The summed E-state index contributed by atoms with van der Waals surface area (Å²) in [4.78, 5) is 21.0. The van der Waals surface area contributed by atoms with Crippen molar-refractivity contribution in [3.05, 3.63) is 60.3 Å². The summed E-state index contributed by atoms with van der Waals surface area (Å²) >= 11 is 0. The predicted octanol–water partition coefficient (Wildman–Crippen LogP) is 2.88. The van der Waals surface area contributed by atoms with Crippen molar-refractivity contribution in [3.63, 3.8) is 0 Å². The van der Waals surface area contributed by atoms with E-state index in [1.165, 1.54) is 0 Å². The van der Waals surface area contributed by atoms with Crippen molar-refractivity contribution in [1.82, 2.24) is 14.5 Å². The first-order valence-corrected chi connectivity index (χ1v) is 6.68. The molecule has 0 spiro atoms. The van der Waals surface area contributed by atoms with Gasteiger partial charge in [0.05, 0.1) is 17.6 Å². The molecule has 4 heteroatoms. The van der Waals surface area contributed by atoms with E-state index in [4.69, 9.17) is 0 Å². The summed E-state index contributed by atoms with van der Waals surface area (Å²) in [5.41, 5.74) is 1.70. The molecule has 0 saturated heterocycles. The van der Waals surface area contributed by atoms with Crippen molar-refractivity contribution in [1.29, 1.82) is 0 Å². The number of rotatable bonds is 3. The fraction of sp³-hybridized carbons (Fsp3) is 0.188. The number of carbonyl (C=O) groups excluding carboxylic acids is 1. The molecule has 2 heterocycles. The number of hydrogen-bond donors (Lipinski definition) is 0. The van der Waals surface area contributed by atoms with Gasteiger partial charge in [-0.1, -0.05) is 31.2 Å². The Balaban J connectivity index is 1.87. The average Bonchev–Trinajstić information content (AvgIpc) is 2.95. The third-order valence-electron chi connectivity index (χ3n) is 3.29. The third kappa shape index (κ3) is 2.32. The van der Waals surface area contributed by atoms with E-state index in [2.05, 4.69) is 9.97 Å². The van der Waals surface area contributed by atoms with Gasteiger partial charge in [-0.3, -0.25) is 14.3 Å². The van der Waals surface area contributed by atoms with Gasteiger partial charge in [-0.25, -0.2) is 4.98 Å². The number of carbonyl (C=O) groups is 1. The van der Waals surface area contributed by atoms with Crippen molar-refractivity contribution in [2.24, 2.45) is 0 Å². The molecule has 0 bridgehead atoms. The van der Waals surface area contributed by atoms with Crippen LogP contribution in [0.1, 0.15) is 23.2 Å². The van der Waals surface area contributed by atoms with E-state index in [1.807, 2.05) is 43.3 Å². The molecular weight excluding hydrogens is 250 g/mol.